The fourth-order valence-corrected chi connectivity index (χ4v) is 3.83. The molecule has 0 aromatic heterocycles. The summed E-state index contributed by atoms with van der Waals surface area (Å²) in [7, 11) is 0. The van der Waals surface area contributed by atoms with Crippen LogP contribution in [0.4, 0.5) is 10.1 Å². The molecule has 0 atom stereocenters. The second-order valence-electron chi connectivity index (χ2n) is 6.28. The van der Waals surface area contributed by atoms with Crippen LogP contribution in [0.1, 0.15) is 0 Å². The van der Waals surface area contributed by atoms with E-state index in [1.54, 1.807) is 21.9 Å². The maximum atomic E-state index is 13.1. The number of anilines is 1. The summed E-state index contributed by atoms with van der Waals surface area (Å²) in [5.74, 6) is 0.368. The lowest BCUT2D eigenvalue weighted by atomic mass is 10.3. The highest BCUT2D eigenvalue weighted by Crippen LogP contribution is 2.15. The van der Waals surface area contributed by atoms with Gasteiger partial charge in [-0.05, 0) is 18.2 Å². The molecule has 2 fully saturated rings. The van der Waals surface area contributed by atoms with Crippen molar-refractivity contribution < 1.29 is 18.8 Å². The Labute approximate surface area is 155 Å². The minimum Gasteiger partial charge on any atom is -0.339 e. The van der Waals surface area contributed by atoms with Gasteiger partial charge in [-0.3, -0.25) is 19.3 Å². The molecule has 2 heterocycles. The monoisotopic (exact) mass is 380 g/mol. The van der Waals surface area contributed by atoms with Gasteiger partial charge in [0.15, 0.2) is 0 Å². The molecule has 26 heavy (non-hydrogen) atoms. The quantitative estimate of drug-likeness (QED) is 0.803. The zero-order valence-corrected chi connectivity index (χ0v) is 15.1. The lowest BCUT2D eigenvalue weighted by Gasteiger charge is -2.35. The number of carbonyl (C=O) groups excluding carboxylic acids is 3. The Bertz CT molecular complexity index is 694. The molecular weight excluding hydrogens is 359 g/mol. The van der Waals surface area contributed by atoms with Crippen LogP contribution in [-0.2, 0) is 14.4 Å². The molecule has 0 aliphatic carbocycles. The average Bonchev–Trinajstić information content (AvgIpc) is 3.00. The van der Waals surface area contributed by atoms with Crippen LogP contribution in [-0.4, -0.2) is 83.3 Å². The van der Waals surface area contributed by atoms with E-state index in [2.05, 4.69) is 5.32 Å². The lowest BCUT2D eigenvalue weighted by Crippen LogP contribution is -2.52. The molecule has 3 rings (SSSR count). The smallest absolute Gasteiger partial charge is 0.242 e. The third-order valence-corrected chi connectivity index (χ3v) is 5.30. The Morgan fingerprint density at radius 2 is 1.92 bits per heavy atom. The van der Waals surface area contributed by atoms with E-state index in [0.717, 1.165) is 0 Å². The number of hydrogen-bond acceptors (Lipinski definition) is 5. The van der Waals surface area contributed by atoms with Gasteiger partial charge in [-0.2, -0.15) is 0 Å². The normalized spacial score (nSPS) is 18.3. The summed E-state index contributed by atoms with van der Waals surface area (Å²) in [5, 5.41) is 2.67. The van der Waals surface area contributed by atoms with Gasteiger partial charge >= 0.3 is 0 Å². The second kappa shape index (κ2) is 8.50. The predicted octanol–water partition coefficient (Wildman–Crippen LogP) is 0.441. The van der Waals surface area contributed by atoms with Gasteiger partial charge in [-0.1, -0.05) is 6.07 Å². The van der Waals surface area contributed by atoms with Gasteiger partial charge in [-0.25, -0.2) is 4.39 Å². The number of piperazine rings is 1. The first-order valence-corrected chi connectivity index (χ1v) is 9.58. The van der Waals surface area contributed by atoms with E-state index in [0.29, 0.717) is 43.5 Å². The van der Waals surface area contributed by atoms with Crippen molar-refractivity contribution in [3.8, 4) is 0 Å². The summed E-state index contributed by atoms with van der Waals surface area (Å²) >= 11 is 1.52. The summed E-state index contributed by atoms with van der Waals surface area (Å²) in [6.45, 7) is 2.56. The SMILES string of the molecule is O=C(CN1CCN(C(=O)CN2CSCC2=O)CC1)Nc1cccc(F)c1. The number of nitrogens with one attached hydrogen (secondary N) is 1. The van der Waals surface area contributed by atoms with Crippen molar-refractivity contribution in [3.63, 3.8) is 0 Å². The van der Waals surface area contributed by atoms with Crippen LogP contribution in [0.3, 0.4) is 0 Å². The molecular formula is C17H21FN4O3S. The van der Waals surface area contributed by atoms with E-state index >= 15 is 0 Å². The highest BCUT2D eigenvalue weighted by molar-refractivity contribution is 8.00. The van der Waals surface area contributed by atoms with E-state index in [9.17, 15) is 18.8 Å². The third kappa shape index (κ3) is 4.95. The number of halogens is 1. The van der Waals surface area contributed by atoms with Crippen LogP contribution in [0.2, 0.25) is 0 Å². The van der Waals surface area contributed by atoms with Crippen molar-refractivity contribution >= 4 is 35.2 Å². The van der Waals surface area contributed by atoms with Crippen molar-refractivity contribution in [2.24, 2.45) is 0 Å². The van der Waals surface area contributed by atoms with Gasteiger partial charge in [-0.15, -0.1) is 11.8 Å². The maximum Gasteiger partial charge on any atom is 0.242 e. The summed E-state index contributed by atoms with van der Waals surface area (Å²) in [4.78, 5) is 41.2. The Morgan fingerprint density at radius 3 is 2.58 bits per heavy atom. The zero-order chi connectivity index (χ0) is 18.5. The topological polar surface area (TPSA) is 73.0 Å². The molecule has 0 radical (unpaired) electrons. The standard InChI is InChI=1S/C17H21FN4O3S/c18-13-2-1-3-14(8-13)19-15(23)9-20-4-6-21(7-5-20)16(24)10-22-12-26-11-17(22)25/h1-3,8H,4-7,9-12H2,(H,19,23). The van der Waals surface area contributed by atoms with E-state index in [1.807, 2.05) is 4.90 Å². The highest BCUT2D eigenvalue weighted by atomic mass is 32.2. The fraction of sp³-hybridized carbons (Fsp3) is 0.471. The third-order valence-electron chi connectivity index (χ3n) is 4.35. The van der Waals surface area contributed by atoms with Crippen molar-refractivity contribution in [1.82, 2.24) is 14.7 Å². The summed E-state index contributed by atoms with van der Waals surface area (Å²) in [5.41, 5.74) is 0.428. The van der Waals surface area contributed by atoms with Gasteiger partial charge in [0, 0.05) is 31.9 Å². The van der Waals surface area contributed by atoms with Gasteiger partial charge in [0.1, 0.15) is 12.4 Å². The molecule has 0 spiro atoms. The Balaban J connectivity index is 1.41. The van der Waals surface area contributed by atoms with Crippen LogP contribution in [0.15, 0.2) is 24.3 Å². The second-order valence-corrected chi connectivity index (χ2v) is 7.24. The van der Waals surface area contributed by atoms with Crippen LogP contribution >= 0.6 is 11.8 Å². The Hall–Kier alpha value is -2.13. The minimum absolute atomic E-state index is 0.0102. The Morgan fingerprint density at radius 1 is 1.15 bits per heavy atom. The van der Waals surface area contributed by atoms with E-state index in [4.69, 9.17) is 0 Å². The van der Waals surface area contributed by atoms with Gasteiger partial charge in [0.05, 0.1) is 18.2 Å². The minimum atomic E-state index is -0.398. The summed E-state index contributed by atoms with van der Waals surface area (Å²) in [6, 6.07) is 5.77. The van der Waals surface area contributed by atoms with Gasteiger partial charge < -0.3 is 15.1 Å². The molecule has 2 aliphatic heterocycles. The van der Waals surface area contributed by atoms with E-state index < -0.39 is 5.82 Å². The van der Waals surface area contributed by atoms with Crippen molar-refractivity contribution in [1.29, 1.82) is 0 Å². The number of nitrogens with zero attached hydrogens (tertiary/aromatic N) is 3. The van der Waals surface area contributed by atoms with E-state index in [1.165, 1.54) is 23.9 Å². The number of benzene rings is 1. The highest BCUT2D eigenvalue weighted by Gasteiger charge is 2.27. The summed E-state index contributed by atoms with van der Waals surface area (Å²) in [6.07, 6.45) is 0. The number of carbonyl (C=O) groups is 3. The van der Waals surface area contributed by atoms with Crippen LogP contribution in [0, 0.1) is 5.82 Å². The zero-order valence-electron chi connectivity index (χ0n) is 14.3. The lowest BCUT2D eigenvalue weighted by molar-refractivity contribution is -0.139. The Kier molecular flexibility index (Phi) is 6.10. The molecule has 1 N–H and O–H groups in total. The largest absolute Gasteiger partial charge is 0.339 e. The first-order chi connectivity index (χ1) is 12.5. The molecule has 1 aromatic carbocycles. The van der Waals surface area contributed by atoms with Crippen molar-refractivity contribution in [2.75, 3.05) is 56.2 Å². The van der Waals surface area contributed by atoms with Crippen LogP contribution < -0.4 is 5.32 Å². The van der Waals surface area contributed by atoms with Crippen LogP contribution in [0.25, 0.3) is 0 Å². The molecule has 0 unspecified atom stereocenters. The predicted molar refractivity (Wildman–Crippen MR) is 97.1 cm³/mol. The average molecular weight is 380 g/mol. The number of rotatable bonds is 5. The molecule has 2 aliphatic rings. The first-order valence-electron chi connectivity index (χ1n) is 8.42. The van der Waals surface area contributed by atoms with Crippen LogP contribution in [0.5, 0.6) is 0 Å². The molecule has 0 bridgehead atoms. The molecule has 7 nitrogen and oxygen atoms in total. The number of amides is 3. The van der Waals surface area contributed by atoms with Crippen molar-refractivity contribution in [2.45, 2.75) is 0 Å². The maximum absolute atomic E-state index is 13.1. The van der Waals surface area contributed by atoms with Gasteiger partial charge in [0.25, 0.3) is 0 Å². The summed E-state index contributed by atoms with van der Waals surface area (Å²) < 4.78 is 13.1. The van der Waals surface area contributed by atoms with E-state index in [-0.39, 0.29) is 30.8 Å². The number of thioether (sulfide) groups is 1. The first kappa shape index (κ1) is 18.7. The molecule has 2 saturated heterocycles. The molecule has 1 aromatic rings. The molecule has 9 heteroatoms. The van der Waals surface area contributed by atoms with Gasteiger partial charge in [0.2, 0.25) is 17.7 Å². The molecule has 140 valence electrons. The van der Waals surface area contributed by atoms with Crippen molar-refractivity contribution in [3.05, 3.63) is 30.1 Å². The molecule has 0 saturated carbocycles. The fourth-order valence-electron chi connectivity index (χ4n) is 2.93. The molecule has 3 amide bonds. The number of hydrogen-bond donors (Lipinski definition) is 1.